The number of piperidine rings is 1. The summed E-state index contributed by atoms with van der Waals surface area (Å²) < 4.78 is 0. The summed E-state index contributed by atoms with van der Waals surface area (Å²) in [5.74, 6) is 1.42. The molecule has 0 aliphatic carbocycles. The van der Waals surface area contributed by atoms with Gasteiger partial charge in [-0.1, -0.05) is 6.92 Å². The molecule has 0 aromatic rings. The van der Waals surface area contributed by atoms with Gasteiger partial charge >= 0.3 is 0 Å². The van der Waals surface area contributed by atoms with Crippen molar-refractivity contribution in [2.45, 2.75) is 32.8 Å². The van der Waals surface area contributed by atoms with E-state index in [-0.39, 0.29) is 6.10 Å². The smallest absolute Gasteiger partial charge is 0.0524 e. The Balaban J connectivity index is 2.27. The van der Waals surface area contributed by atoms with Crippen LogP contribution in [0.5, 0.6) is 0 Å². The lowest BCUT2D eigenvalue weighted by molar-refractivity contribution is 0.105. The van der Waals surface area contributed by atoms with Crippen molar-refractivity contribution in [3.05, 3.63) is 0 Å². The van der Waals surface area contributed by atoms with Crippen molar-refractivity contribution < 1.29 is 5.11 Å². The van der Waals surface area contributed by atoms with Gasteiger partial charge in [-0.2, -0.15) is 0 Å². The second-order valence-corrected chi connectivity index (χ2v) is 4.70. The number of aliphatic hydroxyl groups is 1. The highest BCUT2D eigenvalue weighted by Gasteiger charge is 2.24. The molecule has 1 heterocycles. The third-order valence-electron chi connectivity index (χ3n) is 3.36. The molecule has 1 rings (SSSR count). The van der Waals surface area contributed by atoms with Gasteiger partial charge < -0.3 is 15.7 Å². The Morgan fingerprint density at radius 2 is 2.29 bits per heavy atom. The lowest BCUT2D eigenvalue weighted by Gasteiger charge is -2.36. The average Bonchev–Trinajstić information content (AvgIpc) is 2.16. The Kier molecular flexibility index (Phi) is 4.85. The Labute approximate surface area is 87.3 Å². The molecule has 0 aromatic carbocycles. The van der Waals surface area contributed by atoms with Crippen LogP contribution in [0.3, 0.4) is 0 Å². The van der Waals surface area contributed by atoms with Gasteiger partial charge in [0, 0.05) is 13.1 Å². The fraction of sp³-hybridized carbons (Fsp3) is 1.00. The number of hydrogen-bond acceptors (Lipinski definition) is 3. The van der Waals surface area contributed by atoms with Crippen molar-refractivity contribution >= 4 is 0 Å². The minimum Gasteiger partial charge on any atom is -0.393 e. The molecule has 3 heteroatoms. The van der Waals surface area contributed by atoms with Crippen LogP contribution in [0.25, 0.3) is 0 Å². The van der Waals surface area contributed by atoms with E-state index in [1.165, 1.54) is 13.0 Å². The minimum absolute atomic E-state index is 0.175. The van der Waals surface area contributed by atoms with E-state index in [4.69, 9.17) is 5.73 Å². The van der Waals surface area contributed by atoms with Crippen LogP contribution >= 0.6 is 0 Å². The zero-order valence-corrected chi connectivity index (χ0v) is 9.45. The molecule has 1 aliphatic heterocycles. The van der Waals surface area contributed by atoms with Crippen LogP contribution in [0.4, 0.5) is 0 Å². The fourth-order valence-electron chi connectivity index (χ4n) is 2.10. The third-order valence-corrected chi connectivity index (χ3v) is 3.36. The Hall–Kier alpha value is -0.120. The molecule has 14 heavy (non-hydrogen) atoms. The van der Waals surface area contributed by atoms with Crippen LogP contribution in [-0.4, -0.2) is 42.3 Å². The average molecular weight is 200 g/mol. The van der Waals surface area contributed by atoms with Crippen LogP contribution in [0, 0.1) is 11.8 Å². The highest BCUT2D eigenvalue weighted by atomic mass is 16.3. The van der Waals surface area contributed by atoms with Crippen molar-refractivity contribution in [3.63, 3.8) is 0 Å². The summed E-state index contributed by atoms with van der Waals surface area (Å²) in [5, 5.41) is 9.21. The van der Waals surface area contributed by atoms with Gasteiger partial charge in [-0.05, 0) is 44.7 Å². The molecule has 3 atom stereocenters. The van der Waals surface area contributed by atoms with Gasteiger partial charge in [0.2, 0.25) is 0 Å². The highest BCUT2D eigenvalue weighted by Crippen LogP contribution is 2.22. The maximum Gasteiger partial charge on any atom is 0.0524 e. The van der Waals surface area contributed by atoms with E-state index in [1.54, 1.807) is 0 Å². The van der Waals surface area contributed by atoms with E-state index in [0.29, 0.717) is 5.92 Å². The Morgan fingerprint density at radius 3 is 2.86 bits per heavy atom. The first-order valence-corrected chi connectivity index (χ1v) is 5.74. The topological polar surface area (TPSA) is 49.5 Å². The fourth-order valence-corrected chi connectivity index (χ4v) is 2.10. The van der Waals surface area contributed by atoms with Crippen LogP contribution in [0.15, 0.2) is 0 Å². The van der Waals surface area contributed by atoms with Crippen molar-refractivity contribution in [2.75, 3.05) is 26.2 Å². The van der Waals surface area contributed by atoms with E-state index >= 15 is 0 Å². The normalized spacial score (nSPS) is 31.7. The van der Waals surface area contributed by atoms with E-state index in [9.17, 15) is 5.11 Å². The molecular weight excluding hydrogens is 176 g/mol. The molecule has 0 aromatic heterocycles. The zero-order valence-electron chi connectivity index (χ0n) is 9.45. The second-order valence-electron chi connectivity index (χ2n) is 4.70. The number of nitrogens with zero attached hydrogens (tertiary/aromatic N) is 1. The van der Waals surface area contributed by atoms with E-state index < -0.39 is 0 Å². The predicted molar refractivity (Wildman–Crippen MR) is 59.1 cm³/mol. The SMILES string of the molecule is CC(O)CCN1CCC(C)C(CN)C1. The Morgan fingerprint density at radius 1 is 1.57 bits per heavy atom. The highest BCUT2D eigenvalue weighted by molar-refractivity contribution is 4.78. The van der Waals surface area contributed by atoms with Gasteiger partial charge in [0.25, 0.3) is 0 Å². The number of hydrogen-bond donors (Lipinski definition) is 2. The van der Waals surface area contributed by atoms with Crippen molar-refractivity contribution in [1.82, 2.24) is 4.90 Å². The maximum atomic E-state index is 9.21. The Bertz CT molecular complexity index is 161. The molecule has 0 bridgehead atoms. The quantitative estimate of drug-likeness (QED) is 0.701. The standard InChI is InChI=1S/C11H24N2O/c1-9-3-5-13(6-4-10(2)14)8-11(9)7-12/h9-11,14H,3-8,12H2,1-2H3. The first-order valence-electron chi connectivity index (χ1n) is 5.74. The molecule has 1 saturated heterocycles. The molecular formula is C11H24N2O. The van der Waals surface area contributed by atoms with Crippen LogP contribution in [0.2, 0.25) is 0 Å². The van der Waals surface area contributed by atoms with Gasteiger partial charge in [0.05, 0.1) is 6.10 Å². The first kappa shape index (κ1) is 12.0. The van der Waals surface area contributed by atoms with Crippen molar-refractivity contribution in [1.29, 1.82) is 0 Å². The minimum atomic E-state index is -0.175. The monoisotopic (exact) mass is 200 g/mol. The number of rotatable bonds is 4. The van der Waals surface area contributed by atoms with Crippen LogP contribution in [-0.2, 0) is 0 Å². The van der Waals surface area contributed by atoms with Gasteiger partial charge in [-0.3, -0.25) is 0 Å². The lowest BCUT2D eigenvalue weighted by Crippen LogP contribution is -2.43. The van der Waals surface area contributed by atoms with Gasteiger partial charge in [0.1, 0.15) is 0 Å². The molecule has 0 amide bonds. The molecule has 0 spiro atoms. The summed E-state index contributed by atoms with van der Waals surface area (Å²) in [7, 11) is 0. The summed E-state index contributed by atoms with van der Waals surface area (Å²) in [6.07, 6.45) is 1.96. The van der Waals surface area contributed by atoms with E-state index in [2.05, 4.69) is 11.8 Å². The largest absolute Gasteiger partial charge is 0.393 e. The predicted octanol–water partition coefficient (Wildman–Crippen LogP) is 0.674. The molecule has 3 nitrogen and oxygen atoms in total. The number of aliphatic hydroxyl groups excluding tert-OH is 1. The number of likely N-dealkylation sites (tertiary alicyclic amines) is 1. The second kappa shape index (κ2) is 5.69. The molecule has 3 N–H and O–H groups in total. The summed E-state index contributed by atoms with van der Waals surface area (Å²) in [5.41, 5.74) is 5.74. The zero-order chi connectivity index (χ0) is 10.6. The third kappa shape index (κ3) is 3.56. The van der Waals surface area contributed by atoms with E-state index in [0.717, 1.165) is 32.0 Å². The van der Waals surface area contributed by atoms with Crippen molar-refractivity contribution in [3.8, 4) is 0 Å². The molecule has 0 radical (unpaired) electrons. The summed E-state index contributed by atoms with van der Waals surface area (Å²) >= 11 is 0. The molecule has 0 saturated carbocycles. The van der Waals surface area contributed by atoms with E-state index in [1.807, 2.05) is 6.92 Å². The molecule has 1 fully saturated rings. The van der Waals surface area contributed by atoms with Crippen molar-refractivity contribution in [2.24, 2.45) is 17.6 Å². The number of nitrogens with two attached hydrogens (primary N) is 1. The molecule has 3 unspecified atom stereocenters. The summed E-state index contributed by atoms with van der Waals surface area (Å²) in [6.45, 7) is 8.25. The maximum absolute atomic E-state index is 9.21. The molecule has 1 aliphatic rings. The van der Waals surface area contributed by atoms with Gasteiger partial charge in [-0.15, -0.1) is 0 Å². The van der Waals surface area contributed by atoms with Gasteiger partial charge in [0.15, 0.2) is 0 Å². The molecule has 84 valence electrons. The van der Waals surface area contributed by atoms with Gasteiger partial charge in [-0.25, -0.2) is 0 Å². The first-order chi connectivity index (χ1) is 6.63. The summed E-state index contributed by atoms with van der Waals surface area (Å²) in [4.78, 5) is 2.43. The summed E-state index contributed by atoms with van der Waals surface area (Å²) in [6, 6.07) is 0. The lowest BCUT2D eigenvalue weighted by atomic mass is 9.87. The van der Waals surface area contributed by atoms with Crippen LogP contribution < -0.4 is 5.73 Å². The van der Waals surface area contributed by atoms with Crippen LogP contribution in [0.1, 0.15) is 26.7 Å².